The van der Waals surface area contributed by atoms with Crippen molar-refractivity contribution in [3.63, 3.8) is 0 Å². The molecular weight excluding hydrogens is 112 g/mol. The molecule has 0 amide bonds. The Balaban J connectivity index is 2.58. The van der Waals surface area contributed by atoms with Crippen LogP contribution in [0.5, 0.6) is 0 Å². The number of rotatable bonds is 0. The van der Waals surface area contributed by atoms with E-state index in [-0.39, 0.29) is 0 Å². The zero-order valence-electron chi connectivity index (χ0n) is 6.52. The van der Waals surface area contributed by atoms with Gasteiger partial charge in [0.25, 0.3) is 0 Å². The number of likely N-dealkylation sites (tertiary alicyclic amines) is 1. The maximum atomic E-state index is 5.86. The van der Waals surface area contributed by atoms with Gasteiger partial charge in [0.05, 0.1) is 0 Å². The van der Waals surface area contributed by atoms with Gasteiger partial charge in [-0.2, -0.15) is 0 Å². The van der Waals surface area contributed by atoms with Gasteiger partial charge in [-0.1, -0.05) is 13.8 Å². The van der Waals surface area contributed by atoms with Crippen molar-refractivity contribution in [2.24, 2.45) is 11.1 Å². The molecule has 1 atom stereocenters. The molecule has 0 aromatic carbocycles. The van der Waals surface area contributed by atoms with Crippen LogP contribution in [-0.2, 0) is 0 Å². The molecule has 54 valence electrons. The summed E-state index contributed by atoms with van der Waals surface area (Å²) in [4.78, 5) is 2.28. The van der Waals surface area contributed by atoms with Crippen molar-refractivity contribution in [3.05, 3.63) is 0 Å². The minimum Gasteiger partial charge on any atom is -0.326 e. The van der Waals surface area contributed by atoms with Gasteiger partial charge in [-0.25, -0.2) is 0 Å². The summed E-state index contributed by atoms with van der Waals surface area (Å²) in [5.74, 6) is 0. The van der Waals surface area contributed by atoms with Crippen LogP contribution >= 0.6 is 0 Å². The molecule has 9 heavy (non-hydrogen) atoms. The van der Waals surface area contributed by atoms with Crippen LogP contribution < -0.4 is 5.73 Å². The molecule has 0 radical (unpaired) electrons. The maximum absolute atomic E-state index is 5.86. The molecule has 1 fully saturated rings. The molecule has 1 rings (SSSR count). The van der Waals surface area contributed by atoms with E-state index in [2.05, 4.69) is 25.8 Å². The molecule has 0 aliphatic carbocycles. The summed E-state index contributed by atoms with van der Waals surface area (Å²) in [5.41, 5.74) is 6.19. The van der Waals surface area contributed by atoms with Crippen LogP contribution in [0.1, 0.15) is 13.8 Å². The molecule has 0 unspecified atom stereocenters. The fourth-order valence-electron chi connectivity index (χ4n) is 1.46. The number of hydrogen-bond donors (Lipinski definition) is 1. The third-order valence-electron chi connectivity index (χ3n) is 2.19. The second-order valence-corrected chi connectivity index (χ2v) is 3.79. The number of hydrogen-bond acceptors (Lipinski definition) is 2. The molecule has 1 aliphatic heterocycles. The molecule has 1 saturated heterocycles. The average molecular weight is 128 g/mol. The van der Waals surface area contributed by atoms with E-state index < -0.39 is 0 Å². The monoisotopic (exact) mass is 128 g/mol. The second kappa shape index (κ2) is 1.96. The lowest BCUT2D eigenvalue weighted by Gasteiger charge is -2.21. The average Bonchev–Trinajstić information content (AvgIpc) is 1.79. The summed E-state index contributed by atoms with van der Waals surface area (Å²) >= 11 is 0. The van der Waals surface area contributed by atoms with Crippen LogP contribution in [0.15, 0.2) is 0 Å². The largest absolute Gasteiger partial charge is 0.326 e. The lowest BCUT2D eigenvalue weighted by atomic mass is 9.89. The summed E-state index contributed by atoms with van der Waals surface area (Å²) < 4.78 is 0. The Hall–Kier alpha value is -0.0800. The fraction of sp³-hybridized carbons (Fsp3) is 1.00. The van der Waals surface area contributed by atoms with Crippen LogP contribution in [0.25, 0.3) is 0 Å². The van der Waals surface area contributed by atoms with E-state index in [1.807, 2.05) is 0 Å². The highest BCUT2D eigenvalue weighted by Gasteiger charge is 2.34. The summed E-state index contributed by atoms with van der Waals surface area (Å²) in [5, 5.41) is 0. The van der Waals surface area contributed by atoms with Gasteiger partial charge in [-0.05, 0) is 12.5 Å². The van der Waals surface area contributed by atoms with Gasteiger partial charge in [0, 0.05) is 19.1 Å². The Bertz CT molecular complexity index is 109. The normalized spacial score (nSPS) is 35.3. The Kier molecular flexibility index (Phi) is 1.53. The molecule has 0 spiro atoms. The van der Waals surface area contributed by atoms with Gasteiger partial charge in [0.15, 0.2) is 0 Å². The first kappa shape index (κ1) is 7.03. The first-order valence-corrected chi connectivity index (χ1v) is 3.46. The van der Waals surface area contributed by atoms with E-state index in [4.69, 9.17) is 5.73 Å². The molecule has 0 saturated carbocycles. The minimum atomic E-state index is 0.328. The highest BCUT2D eigenvalue weighted by Crippen LogP contribution is 2.26. The minimum absolute atomic E-state index is 0.328. The van der Waals surface area contributed by atoms with Crippen molar-refractivity contribution in [2.45, 2.75) is 19.9 Å². The van der Waals surface area contributed by atoms with Crippen molar-refractivity contribution in [3.8, 4) is 0 Å². The molecular formula is C7H16N2. The first-order chi connectivity index (χ1) is 4.02. The quantitative estimate of drug-likeness (QED) is 0.508. The highest BCUT2D eigenvalue weighted by molar-refractivity contribution is 4.91. The topological polar surface area (TPSA) is 29.3 Å². The summed E-state index contributed by atoms with van der Waals surface area (Å²) in [6, 6.07) is 0.363. The van der Waals surface area contributed by atoms with Crippen LogP contribution in [0, 0.1) is 5.41 Å². The third kappa shape index (κ3) is 1.25. The predicted octanol–water partition coefficient (Wildman–Crippen LogP) is 0.285. The van der Waals surface area contributed by atoms with Gasteiger partial charge >= 0.3 is 0 Å². The molecule has 0 bridgehead atoms. The van der Waals surface area contributed by atoms with Crippen molar-refractivity contribution >= 4 is 0 Å². The molecule has 2 heteroatoms. The van der Waals surface area contributed by atoms with Gasteiger partial charge in [-0.15, -0.1) is 0 Å². The van der Waals surface area contributed by atoms with Crippen molar-refractivity contribution in [2.75, 3.05) is 20.1 Å². The number of likely N-dealkylation sites (N-methyl/N-ethyl adjacent to an activating group) is 1. The number of nitrogens with two attached hydrogens (primary N) is 1. The fourth-order valence-corrected chi connectivity index (χ4v) is 1.46. The van der Waals surface area contributed by atoms with Crippen LogP contribution in [-0.4, -0.2) is 31.1 Å². The molecule has 0 aromatic heterocycles. The first-order valence-electron chi connectivity index (χ1n) is 3.46. The van der Waals surface area contributed by atoms with E-state index in [1.165, 1.54) is 0 Å². The Morgan fingerprint density at radius 1 is 1.56 bits per heavy atom. The van der Waals surface area contributed by atoms with Crippen LogP contribution in [0.4, 0.5) is 0 Å². The molecule has 2 nitrogen and oxygen atoms in total. The van der Waals surface area contributed by atoms with Gasteiger partial charge in [0.1, 0.15) is 0 Å². The smallest absolute Gasteiger partial charge is 0.0232 e. The molecule has 1 heterocycles. The van der Waals surface area contributed by atoms with Crippen molar-refractivity contribution in [1.82, 2.24) is 4.90 Å². The standard InChI is InChI=1S/C7H16N2/c1-7(2)5-9(3)4-6(7)8/h6H,4-5,8H2,1-3H3/t6-/m0/s1. The highest BCUT2D eigenvalue weighted by atomic mass is 15.2. The predicted molar refractivity (Wildman–Crippen MR) is 39.3 cm³/mol. The van der Waals surface area contributed by atoms with Gasteiger partial charge in [-0.3, -0.25) is 0 Å². The Labute approximate surface area is 57.0 Å². The number of nitrogens with zero attached hydrogens (tertiary/aromatic N) is 1. The Morgan fingerprint density at radius 3 is 2.22 bits per heavy atom. The SMILES string of the molecule is CN1C[C@H](N)C(C)(C)C1. The lowest BCUT2D eigenvalue weighted by Crippen LogP contribution is -2.35. The molecule has 0 aromatic rings. The van der Waals surface area contributed by atoms with Crippen molar-refractivity contribution in [1.29, 1.82) is 0 Å². The van der Waals surface area contributed by atoms with E-state index in [9.17, 15) is 0 Å². The Morgan fingerprint density at radius 2 is 2.11 bits per heavy atom. The zero-order chi connectivity index (χ0) is 7.07. The van der Waals surface area contributed by atoms with E-state index in [0.717, 1.165) is 13.1 Å². The van der Waals surface area contributed by atoms with E-state index in [0.29, 0.717) is 11.5 Å². The zero-order valence-corrected chi connectivity index (χ0v) is 6.52. The lowest BCUT2D eigenvalue weighted by molar-refractivity contribution is 0.324. The molecule has 1 aliphatic rings. The van der Waals surface area contributed by atoms with Gasteiger partial charge in [0.2, 0.25) is 0 Å². The summed E-state index contributed by atoms with van der Waals surface area (Å²) in [6.45, 7) is 6.63. The second-order valence-electron chi connectivity index (χ2n) is 3.79. The summed E-state index contributed by atoms with van der Waals surface area (Å²) in [6.07, 6.45) is 0. The third-order valence-corrected chi connectivity index (χ3v) is 2.19. The van der Waals surface area contributed by atoms with E-state index >= 15 is 0 Å². The van der Waals surface area contributed by atoms with Crippen molar-refractivity contribution < 1.29 is 0 Å². The van der Waals surface area contributed by atoms with Crippen LogP contribution in [0.3, 0.4) is 0 Å². The summed E-state index contributed by atoms with van der Waals surface area (Å²) in [7, 11) is 2.12. The van der Waals surface area contributed by atoms with Crippen LogP contribution in [0.2, 0.25) is 0 Å². The van der Waals surface area contributed by atoms with Gasteiger partial charge < -0.3 is 10.6 Å². The maximum Gasteiger partial charge on any atom is 0.0232 e. The van der Waals surface area contributed by atoms with E-state index in [1.54, 1.807) is 0 Å². The molecule has 2 N–H and O–H groups in total.